The van der Waals surface area contributed by atoms with Gasteiger partial charge in [-0.05, 0) is 19.1 Å². The van der Waals surface area contributed by atoms with Crippen LogP contribution in [0, 0.1) is 0 Å². The van der Waals surface area contributed by atoms with Gasteiger partial charge < -0.3 is 9.84 Å². The minimum Gasteiger partial charge on any atom is -0.507 e. The van der Waals surface area contributed by atoms with E-state index in [1.165, 1.54) is 6.21 Å². The quantitative estimate of drug-likeness (QED) is 0.522. The third-order valence-electron chi connectivity index (χ3n) is 3.76. The second kappa shape index (κ2) is 8.62. The van der Waals surface area contributed by atoms with Gasteiger partial charge in [-0.2, -0.15) is 5.10 Å². The number of benzene rings is 3. The van der Waals surface area contributed by atoms with Crippen LogP contribution in [0.3, 0.4) is 0 Å². The van der Waals surface area contributed by atoms with Crippen LogP contribution in [0.2, 0.25) is 0 Å². The first kappa shape index (κ1) is 17.4. The van der Waals surface area contributed by atoms with Crippen LogP contribution in [0.25, 0.3) is 0 Å². The van der Waals surface area contributed by atoms with E-state index in [1.54, 1.807) is 18.2 Å². The number of aromatic hydroxyl groups is 1. The Bertz CT molecular complexity index is 862. The summed E-state index contributed by atoms with van der Waals surface area (Å²) < 4.78 is 5.37. The number of ether oxygens (including phenoxy) is 1. The fraction of sp³-hybridized carbons (Fsp3) is 0.0909. The van der Waals surface area contributed by atoms with Gasteiger partial charge in [0.2, 0.25) is 0 Å². The zero-order valence-electron chi connectivity index (χ0n) is 14.5. The average molecular weight is 344 g/mol. The van der Waals surface area contributed by atoms with Gasteiger partial charge >= 0.3 is 0 Å². The van der Waals surface area contributed by atoms with Gasteiger partial charge in [0.05, 0.1) is 12.8 Å². The summed E-state index contributed by atoms with van der Waals surface area (Å²) in [7, 11) is 0. The molecule has 0 fully saturated rings. The van der Waals surface area contributed by atoms with Gasteiger partial charge in [-0.15, -0.1) is 5.10 Å². The van der Waals surface area contributed by atoms with E-state index >= 15 is 0 Å². The summed E-state index contributed by atoms with van der Waals surface area (Å²) in [5.74, 6) is 0.732. The Morgan fingerprint density at radius 2 is 1.54 bits per heavy atom. The van der Waals surface area contributed by atoms with E-state index in [9.17, 15) is 5.11 Å². The molecule has 4 nitrogen and oxygen atoms in total. The molecule has 26 heavy (non-hydrogen) atoms. The van der Waals surface area contributed by atoms with Crippen LogP contribution in [-0.2, 0) is 0 Å². The van der Waals surface area contributed by atoms with Gasteiger partial charge in [0.1, 0.15) is 17.2 Å². The Morgan fingerprint density at radius 3 is 2.08 bits per heavy atom. The molecule has 0 aromatic heterocycles. The Hall–Kier alpha value is -3.40. The summed E-state index contributed by atoms with van der Waals surface area (Å²) in [6, 6.07) is 24.9. The number of rotatable bonds is 6. The molecule has 0 saturated heterocycles. The highest BCUT2D eigenvalue weighted by atomic mass is 16.5. The highest BCUT2D eigenvalue weighted by molar-refractivity contribution is 6.12. The largest absolute Gasteiger partial charge is 0.507 e. The van der Waals surface area contributed by atoms with Gasteiger partial charge in [-0.1, -0.05) is 60.7 Å². The van der Waals surface area contributed by atoms with Crippen molar-refractivity contribution in [2.75, 3.05) is 6.61 Å². The number of hydrogen-bond acceptors (Lipinski definition) is 4. The summed E-state index contributed by atoms with van der Waals surface area (Å²) in [5.41, 5.74) is 3.31. The first-order valence-corrected chi connectivity index (χ1v) is 8.45. The Labute approximate surface area is 153 Å². The summed E-state index contributed by atoms with van der Waals surface area (Å²) in [5, 5.41) is 18.7. The minimum absolute atomic E-state index is 0.107. The molecule has 0 unspecified atom stereocenters. The van der Waals surface area contributed by atoms with Crippen LogP contribution in [0.4, 0.5) is 0 Å². The molecule has 130 valence electrons. The zero-order valence-corrected chi connectivity index (χ0v) is 14.5. The standard InChI is InChI=1S/C22H20N2O2/c1-2-26-20-14-13-19(21(25)15-20)16-23-24-22(17-9-5-3-6-10-17)18-11-7-4-8-12-18/h3-16,25H,2H2,1H3. The predicted octanol–water partition coefficient (Wildman–Crippen LogP) is 4.66. The van der Waals surface area contributed by atoms with Gasteiger partial charge in [0, 0.05) is 22.8 Å². The third-order valence-corrected chi connectivity index (χ3v) is 3.76. The minimum atomic E-state index is 0.107. The second-order valence-corrected chi connectivity index (χ2v) is 5.58. The maximum absolute atomic E-state index is 10.1. The zero-order chi connectivity index (χ0) is 18.2. The summed E-state index contributed by atoms with van der Waals surface area (Å²) >= 11 is 0. The molecule has 4 heteroatoms. The third kappa shape index (κ3) is 4.36. The van der Waals surface area contributed by atoms with Gasteiger partial charge in [0.15, 0.2) is 0 Å². The number of nitrogens with zero attached hydrogens (tertiary/aromatic N) is 2. The predicted molar refractivity (Wildman–Crippen MR) is 105 cm³/mol. The SMILES string of the molecule is CCOc1ccc(C=NN=C(c2ccccc2)c2ccccc2)c(O)c1. The number of phenols is 1. The molecule has 3 rings (SSSR count). The van der Waals surface area contributed by atoms with E-state index in [0.29, 0.717) is 17.9 Å². The van der Waals surface area contributed by atoms with Crippen molar-refractivity contribution in [1.82, 2.24) is 0 Å². The molecule has 3 aromatic rings. The van der Waals surface area contributed by atoms with Crippen LogP contribution in [0.5, 0.6) is 11.5 Å². The molecule has 0 saturated carbocycles. The van der Waals surface area contributed by atoms with E-state index in [1.807, 2.05) is 67.6 Å². The lowest BCUT2D eigenvalue weighted by molar-refractivity contribution is 0.337. The first-order chi connectivity index (χ1) is 12.8. The normalized spacial score (nSPS) is 10.7. The van der Waals surface area contributed by atoms with Crippen LogP contribution in [0.1, 0.15) is 23.6 Å². The lowest BCUT2D eigenvalue weighted by Crippen LogP contribution is -2.02. The van der Waals surface area contributed by atoms with Gasteiger partial charge in [-0.25, -0.2) is 0 Å². The molecule has 0 amide bonds. The first-order valence-electron chi connectivity index (χ1n) is 8.45. The van der Waals surface area contributed by atoms with Crippen molar-refractivity contribution in [3.05, 3.63) is 95.6 Å². The van der Waals surface area contributed by atoms with Crippen molar-refractivity contribution < 1.29 is 9.84 Å². The smallest absolute Gasteiger partial charge is 0.128 e. The van der Waals surface area contributed by atoms with Crippen LogP contribution >= 0.6 is 0 Å². The van der Waals surface area contributed by atoms with E-state index in [2.05, 4.69) is 10.2 Å². The molecule has 0 atom stereocenters. The van der Waals surface area contributed by atoms with Crippen molar-refractivity contribution in [2.24, 2.45) is 10.2 Å². The molecule has 0 aliphatic rings. The van der Waals surface area contributed by atoms with Crippen LogP contribution in [0.15, 0.2) is 89.1 Å². The topological polar surface area (TPSA) is 54.2 Å². The van der Waals surface area contributed by atoms with Crippen molar-refractivity contribution in [1.29, 1.82) is 0 Å². The molecule has 0 aliphatic heterocycles. The summed E-state index contributed by atoms with van der Waals surface area (Å²) in [6.07, 6.45) is 1.54. The Kier molecular flexibility index (Phi) is 5.78. The molecule has 1 N–H and O–H groups in total. The van der Waals surface area contributed by atoms with Crippen molar-refractivity contribution >= 4 is 11.9 Å². The van der Waals surface area contributed by atoms with E-state index < -0.39 is 0 Å². The maximum Gasteiger partial charge on any atom is 0.128 e. The highest BCUT2D eigenvalue weighted by Crippen LogP contribution is 2.22. The molecular weight excluding hydrogens is 324 g/mol. The summed E-state index contributed by atoms with van der Waals surface area (Å²) in [6.45, 7) is 2.45. The Morgan fingerprint density at radius 1 is 0.923 bits per heavy atom. The van der Waals surface area contributed by atoms with Crippen LogP contribution < -0.4 is 4.74 Å². The molecule has 0 bridgehead atoms. The second-order valence-electron chi connectivity index (χ2n) is 5.58. The van der Waals surface area contributed by atoms with E-state index in [-0.39, 0.29) is 5.75 Å². The molecule has 0 aliphatic carbocycles. The average Bonchev–Trinajstić information content (AvgIpc) is 2.68. The van der Waals surface area contributed by atoms with Crippen molar-refractivity contribution in [2.45, 2.75) is 6.92 Å². The van der Waals surface area contributed by atoms with E-state index in [0.717, 1.165) is 16.8 Å². The maximum atomic E-state index is 10.1. The van der Waals surface area contributed by atoms with E-state index in [4.69, 9.17) is 4.74 Å². The van der Waals surface area contributed by atoms with Crippen LogP contribution in [-0.4, -0.2) is 23.6 Å². The molecule has 0 heterocycles. The number of hydrogen-bond donors (Lipinski definition) is 1. The Balaban J connectivity index is 1.91. The fourth-order valence-corrected chi connectivity index (χ4v) is 2.51. The monoisotopic (exact) mass is 344 g/mol. The van der Waals surface area contributed by atoms with Gasteiger partial charge in [-0.3, -0.25) is 0 Å². The molecule has 0 radical (unpaired) electrons. The molecule has 0 spiro atoms. The molecule has 3 aromatic carbocycles. The van der Waals surface area contributed by atoms with Crippen molar-refractivity contribution in [3.63, 3.8) is 0 Å². The van der Waals surface area contributed by atoms with Crippen molar-refractivity contribution in [3.8, 4) is 11.5 Å². The lowest BCUT2D eigenvalue weighted by Gasteiger charge is -2.06. The number of phenolic OH excluding ortho intramolecular Hbond substituents is 1. The fourth-order valence-electron chi connectivity index (χ4n) is 2.51. The lowest BCUT2D eigenvalue weighted by atomic mass is 10.0. The molecular formula is C22H20N2O2. The highest BCUT2D eigenvalue weighted by Gasteiger charge is 2.06. The summed E-state index contributed by atoms with van der Waals surface area (Å²) in [4.78, 5) is 0. The van der Waals surface area contributed by atoms with Gasteiger partial charge in [0.25, 0.3) is 0 Å².